The zero-order valence-electron chi connectivity index (χ0n) is 12.4. The molecular weight excluding hydrogens is 316 g/mol. The molecule has 2 rings (SSSR count). The van der Waals surface area contributed by atoms with Crippen molar-refractivity contribution < 1.29 is 0 Å². The van der Waals surface area contributed by atoms with Crippen molar-refractivity contribution in [2.45, 2.75) is 19.5 Å². The minimum absolute atomic E-state index is 0.347. The predicted molar refractivity (Wildman–Crippen MR) is 86.9 cm³/mol. The van der Waals surface area contributed by atoms with Crippen molar-refractivity contribution in [3.63, 3.8) is 0 Å². The molecule has 4 nitrogen and oxygen atoms in total. The Morgan fingerprint density at radius 2 is 2.20 bits per heavy atom. The second-order valence-electron chi connectivity index (χ2n) is 5.03. The lowest BCUT2D eigenvalue weighted by atomic mass is 10.1. The molecule has 0 spiro atoms. The first-order chi connectivity index (χ1) is 9.52. The van der Waals surface area contributed by atoms with Crippen LogP contribution < -0.4 is 10.2 Å². The highest BCUT2D eigenvalue weighted by atomic mass is 79.9. The van der Waals surface area contributed by atoms with Crippen molar-refractivity contribution >= 4 is 21.6 Å². The highest BCUT2D eigenvalue weighted by Crippen LogP contribution is 2.29. The number of anilines is 1. The van der Waals surface area contributed by atoms with Crippen LogP contribution in [0.15, 0.2) is 35.1 Å². The lowest BCUT2D eigenvalue weighted by Crippen LogP contribution is -2.20. The molecule has 0 saturated carbocycles. The lowest BCUT2D eigenvalue weighted by Gasteiger charge is -2.22. The minimum atomic E-state index is 0.347. The topological polar surface area (TPSA) is 33.1 Å². The fraction of sp³-hybridized carbons (Fsp3) is 0.400. The standard InChI is InChI=1S/C15H21BrN4/c1-11(17-2)12-5-6-14(13(16)9-12)20(4)10-15-18-7-8-19(15)3/h5-9,11,17H,10H2,1-4H3. The Morgan fingerprint density at radius 1 is 1.45 bits per heavy atom. The smallest absolute Gasteiger partial charge is 0.127 e. The highest BCUT2D eigenvalue weighted by Gasteiger charge is 2.11. The Bertz CT molecular complexity index is 579. The molecule has 1 heterocycles. The zero-order valence-corrected chi connectivity index (χ0v) is 14.0. The number of hydrogen-bond donors (Lipinski definition) is 1. The normalized spacial score (nSPS) is 12.4. The molecule has 0 aliphatic rings. The van der Waals surface area contributed by atoms with Crippen LogP contribution in [0.25, 0.3) is 0 Å². The maximum atomic E-state index is 4.37. The molecule has 0 radical (unpaired) electrons. The molecule has 1 atom stereocenters. The van der Waals surface area contributed by atoms with Crippen molar-refractivity contribution in [2.75, 3.05) is 19.0 Å². The molecule has 0 fully saturated rings. The maximum absolute atomic E-state index is 4.37. The summed E-state index contributed by atoms with van der Waals surface area (Å²) < 4.78 is 3.15. The molecule has 1 unspecified atom stereocenters. The summed E-state index contributed by atoms with van der Waals surface area (Å²) in [6, 6.07) is 6.83. The monoisotopic (exact) mass is 336 g/mol. The van der Waals surface area contributed by atoms with E-state index >= 15 is 0 Å². The number of hydrogen-bond acceptors (Lipinski definition) is 3. The Labute approximate surface area is 128 Å². The van der Waals surface area contributed by atoms with Crippen LogP contribution in [0, 0.1) is 0 Å². The molecule has 108 valence electrons. The third-order valence-electron chi connectivity index (χ3n) is 3.62. The van der Waals surface area contributed by atoms with E-state index in [1.54, 1.807) is 0 Å². The van der Waals surface area contributed by atoms with Gasteiger partial charge in [0, 0.05) is 37.0 Å². The first-order valence-electron chi connectivity index (χ1n) is 6.67. The quantitative estimate of drug-likeness (QED) is 0.910. The Balaban J connectivity index is 2.18. The molecule has 0 saturated heterocycles. The van der Waals surface area contributed by atoms with E-state index in [0.717, 1.165) is 16.8 Å². The summed E-state index contributed by atoms with van der Waals surface area (Å²) in [6.07, 6.45) is 3.80. The number of aryl methyl sites for hydroxylation is 1. The molecule has 0 amide bonds. The van der Waals surface area contributed by atoms with Gasteiger partial charge in [-0.2, -0.15) is 0 Å². The maximum Gasteiger partial charge on any atom is 0.127 e. The van der Waals surface area contributed by atoms with Gasteiger partial charge in [-0.05, 0) is 47.6 Å². The molecule has 0 aliphatic carbocycles. The van der Waals surface area contributed by atoms with Gasteiger partial charge in [-0.3, -0.25) is 0 Å². The van der Waals surface area contributed by atoms with E-state index in [0.29, 0.717) is 6.04 Å². The van der Waals surface area contributed by atoms with Gasteiger partial charge >= 0.3 is 0 Å². The SMILES string of the molecule is CNC(C)c1ccc(N(C)Cc2nccn2C)c(Br)c1. The molecule has 5 heteroatoms. The van der Waals surface area contributed by atoms with Crippen molar-refractivity contribution in [3.8, 4) is 0 Å². The lowest BCUT2D eigenvalue weighted by molar-refractivity contribution is 0.652. The van der Waals surface area contributed by atoms with E-state index in [1.165, 1.54) is 11.3 Å². The molecule has 0 bridgehead atoms. The highest BCUT2D eigenvalue weighted by molar-refractivity contribution is 9.10. The summed E-state index contributed by atoms with van der Waals surface area (Å²) in [5.74, 6) is 1.05. The van der Waals surface area contributed by atoms with Gasteiger partial charge in [-0.25, -0.2) is 4.98 Å². The Hall–Kier alpha value is -1.33. The molecular formula is C15H21BrN4. The number of nitrogens with one attached hydrogen (secondary N) is 1. The molecule has 2 aromatic rings. The number of rotatable bonds is 5. The summed E-state index contributed by atoms with van der Waals surface area (Å²) in [4.78, 5) is 6.56. The zero-order chi connectivity index (χ0) is 14.7. The van der Waals surface area contributed by atoms with E-state index in [9.17, 15) is 0 Å². The summed E-state index contributed by atoms with van der Waals surface area (Å²) in [6.45, 7) is 2.93. The van der Waals surface area contributed by atoms with Crippen LogP contribution in [0.5, 0.6) is 0 Å². The summed E-state index contributed by atoms with van der Waals surface area (Å²) in [5.41, 5.74) is 2.44. The molecule has 20 heavy (non-hydrogen) atoms. The predicted octanol–water partition coefficient (Wildman–Crippen LogP) is 3.10. The number of imidazole rings is 1. The van der Waals surface area contributed by atoms with E-state index in [-0.39, 0.29) is 0 Å². The average Bonchev–Trinajstić information content (AvgIpc) is 2.83. The van der Waals surface area contributed by atoms with Crippen LogP contribution in [-0.2, 0) is 13.6 Å². The third-order valence-corrected chi connectivity index (χ3v) is 4.25. The van der Waals surface area contributed by atoms with Crippen LogP contribution >= 0.6 is 15.9 Å². The number of halogens is 1. The van der Waals surface area contributed by atoms with Crippen LogP contribution in [0.4, 0.5) is 5.69 Å². The number of nitrogens with zero attached hydrogens (tertiary/aromatic N) is 3. The molecule has 1 aromatic heterocycles. The Kier molecular flexibility index (Phi) is 4.83. The summed E-state index contributed by atoms with van der Waals surface area (Å²) >= 11 is 3.67. The van der Waals surface area contributed by atoms with Gasteiger partial charge in [0.05, 0.1) is 12.2 Å². The molecule has 1 N–H and O–H groups in total. The summed E-state index contributed by atoms with van der Waals surface area (Å²) in [7, 11) is 6.07. The van der Waals surface area contributed by atoms with Crippen molar-refractivity contribution in [3.05, 3.63) is 46.5 Å². The van der Waals surface area contributed by atoms with Crippen LogP contribution in [-0.4, -0.2) is 23.6 Å². The summed E-state index contributed by atoms with van der Waals surface area (Å²) in [5, 5.41) is 3.25. The van der Waals surface area contributed by atoms with E-state index in [1.807, 2.05) is 31.1 Å². The van der Waals surface area contributed by atoms with Crippen LogP contribution in [0.1, 0.15) is 24.4 Å². The van der Waals surface area contributed by atoms with Gasteiger partial charge in [0.1, 0.15) is 5.82 Å². The van der Waals surface area contributed by atoms with Gasteiger partial charge in [-0.15, -0.1) is 0 Å². The molecule has 0 aliphatic heterocycles. The second-order valence-corrected chi connectivity index (χ2v) is 5.89. The van der Waals surface area contributed by atoms with Gasteiger partial charge in [0.2, 0.25) is 0 Å². The van der Waals surface area contributed by atoms with E-state index < -0.39 is 0 Å². The van der Waals surface area contributed by atoms with Crippen molar-refractivity contribution in [1.82, 2.24) is 14.9 Å². The van der Waals surface area contributed by atoms with Gasteiger partial charge in [0.15, 0.2) is 0 Å². The fourth-order valence-corrected chi connectivity index (χ4v) is 2.81. The first kappa shape index (κ1) is 15.1. The fourth-order valence-electron chi connectivity index (χ4n) is 2.11. The van der Waals surface area contributed by atoms with Crippen LogP contribution in [0.2, 0.25) is 0 Å². The van der Waals surface area contributed by atoms with Gasteiger partial charge in [-0.1, -0.05) is 6.07 Å². The average molecular weight is 337 g/mol. The van der Waals surface area contributed by atoms with Crippen molar-refractivity contribution in [1.29, 1.82) is 0 Å². The first-order valence-corrected chi connectivity index (χ1v) is 7.46. The second kappa shape index (κ2) is 6.41. The van der Waals surface area contributed by atoms with E-state index in [2.05, 4.69) is 63.3 Å². The third kappa shape index (κ3) is 3.22. The van der Waals surface area contributed by atoms with Crippen molar-refractivity contribution in [2.24, 2.45) is 7.05 Å². The largest absolute Gasteiger partial charge is 0.366 e. The van der Waals surface area contributed by atoms with Gasteiger partial charge in [0.25, 0.3) is 0 Å². The van der Waals surface area contributed by atoms with Crippen LogP contribution in [0.3, 0.4) is 0 Å². The van der Waals surface area contributed by atoms with E-state index in [4.69, 9.17) is 0 Å². The minimum Gasteiger partial charge on any atom is -0.366 e. The number of aromatic nitrogens is 2. The number of benzene rings is 1. The van der Waals surface area contributed by atoms with Gasteiger partial charge < -0.3 is 14.8 Å². The molecule has 1 aromatic carbocycles. The Morgan fingerprint density at radius 3 is 2.75 bits per heavy atom.